The minimum Gasteiger partial charge on any atom is -0.491 e. The summed E-state index contributed by atoms with van der Waals surface area (Å²) in [4.78, 5) is 13.4. The number of methoxy groups -OCH3 is 1. The maximum Gasteiger partial charge on any atom is 0.339 e. The first-order valence-corrected chi connectivity index (χ1v) is 6.91. The molecule has 0 aliphatic carbocycles. The van der Waals surface area contributed by atoms with E-state index >= 15 is 0 Å². The minimum atomic E-state index is -0.960. The van der Waals surface area contributed by atoms with Crippen LogP contribution in [-0.4, -0.2) is 55.4 Å². The van der Waals surface area contributed by atoms with Crippen molar-refractivity contribution in [3.63, 3.8) is 0 Å². The van der Waals surface area contributed by atoms with Crippen LogP contribution in [0.2, 0.25) is 0 Å². The van der Waals surface area contributed by atoms with Gasteiger partial charge in [0.25, 0.3) is 0 Å². The lowest BCUT2D eigenvalue weighted by molar-refractivity contribution is 0.0271. The molecule has 1 fully saturated rings. The Balaban J connectivity index is 1.82. The van der Waals surface area contributed by atoms with Gasteiger partial charge in [0.15, 0.2) is 0 Å². The highest BCUT2D eigenvalue weighted by Crippen LogP contribution is 2.18. The van der Waals surface area contributed by atoms with Gasteiger partial charge in [0.2, 0.25) is 0 Å². The largest absolute Gasteiger partial charge is 0.491 e. The smallest absolute Gasteiger partial charge is 0.339 e. The predicted molar refractivity (Wildman–Crippen MR) is 75.4 cm³/mol. The van der Waals surface area contributed by atoms with E-state index in [-0.39, 0.29) is 5.56 Å². The number of nitrogens with zero attached hydrogens (tertiary/aromatic N) is 1. The van der Waals surface area contributed by atoms with Gasteiger partial charge in [-0.15, -0.1) is 0 Å². The molecule has 2 rings (SSSR count). The highest BCUT2D eigenvalue weighted by molar-refractivity contribution is 5.90. The van der Waals surface area contributed by atoms with Crippen molar-refractivity contribution in [3.8, 4) is 5.75 Å². The van der Waals surface area contributed by atoms with Gasteiger partial charge >= 0.3 is 5.97 Å². The third kappa shape index (κ3) is 3.95. The number of piperidine rings is 1. The molecule has 5 nitrogen and oxygen atoms in total. The number of para-hydroxylation sites is 1. The van der Waals surface area contributed by atoms with E-state index in [4.69, 9.17) is 14.6 Å². The van der Waals surface area contributed by atoms with E-state index in [2.05, 4.69) is 4.90 Å². The van der Waals surface area contributed by atoms with Crippen molar-refractivity contribution in [1.82, 2.24) is 4.90 Å². The van der Waals surface area contributed by atoms with Crippen molar-refractivity contribution in [2.24, 2.45) is 0 Å². The Labute approximate surface area is 119 Å². The number of benzene rings is 1. The molecule has 1 aromatic carbocycles. The van der Waals surface area contributed by atoms with Gasteiger partial charge in [0.1, 0.15) is 17.9 Å². The Morgan fingerprint density at radius 2 is 2.25 bits per heavy atom. The van der Waals surface area contributed by atoms with Gasteiger partial charge in [-0.05, 0) is 31.5 Å². The number of rotatable bonds is 6. The molecule has 0 aromatic heterocycles. The van der Waals surface area contributed by atoms with E-state index in [0.717, 1.165) is 32.5 Å². The van der Waals surface area contributed by atoms with E-state index in [1.54, 1.807) is 31.4 Å². The average Bonchev–Trinajstić information content (AvgIpc) is 2.48. The number of carboxylic acid groups (broad SMARTS) is 1. The highest BCUT2D eigenvalue weighted by Gasteiger charge is 2.19. The fraction of sp³-hybridized carbons (Fsp3) is 0.533. The number of carbonyl (C=O) groups is 1. The van der Waals surface area contributed by atoms with Crippen LogP contribution in [0, 0.1) is 0 Å². The molecule has 5 heteroatoms. The minimum absolute atomic E-state index is 0.209. The van der Waals surface area contributed by atoms with Crippen LogP contribution in [0.25, 0.3) is 0 Å². The van der Waals surface area contributed by atoms with Gasteiger partial charge in [0.05, 0.1) is 6.10 Å². The second-order valence-electron chi connectivity index (χ2n) is 4.95. The number of likely N-dealkylation sites (tertiary alicyclic amines) is 1. The Kier molecular flexibility index (Phi) is 5.38. The number of carboxylic acids is 1. The van der Waals surface area contributed by atoms with Crippen LogP contribution in [0.5, 0.6) is 5.75 Å². The quantitative estimate of drug-likeness (QED) is 0.861. The highest BCUT2D eigenvalue weighted by atomic mass is 16.5. The normalized spacial score (nSPS) is 19.8. The molecule has 1 aliphatic rings. The van der Waals surface area contributed by atoms with E-state index in [9.17, 15) is 4.79 Å². The molecule has 0 amide bonds. The summed E-state index contributed by atoms with van der Waals surface area (Å²) in [6.07, 6.45) is 2.54. The van der Waals surface area contributed by atoms with Gasteiger partial charge in [0, 0.05) is 20.2 Å². The zero-order valence-corrected chi connectivity index (χ0v) is 11.7. The summed E-state index contributed by atoms with van der Waals surface area (Å²) in [7, 11) is 1.74. The first-order valence-electron chi connectivity index (χ1n) is 6.91. The van der Waals surface area contributed by atoms with Gasteiger partial charge < -0.3 is 14.6 Å². The molecule has 1 aliphatic heterocycles. The van der Waals surface area contributed by atoms with Gasteiger partial charge in [-0.1, -0.05) is 12.1 Å². The second kappa shape index (κ2) is 7.26. The Morgan fingerprint density at radius 3 is 3.00 bits per heavy atom. The van der Waals surface area contributed by atoms with Crippen molar-refractivity contribution in [2.45, 2.75) is 18.9 Å². The molecule has 1 heterocycles. The van der Waals surface area contributed by atoms with Crippen molar-refractivity contribution >= 4 is 5.97 Å². The molecule has 0 radical (unpaired) electrons. The summed E-state index contributed by atoms with van der Waals surface area (Å²) in [5, 5.41) is 9.07. The van der Waals surface area contributed by atoms with Gasteiger partial charge in [-0.3, -0.25) is 4.90 Å². The molecule has 0 saturated carbocycles. The van der Waals surface area contributed by atoms with Crippen molar-refractivity contribution in [2.75, 3.05) is 33.4 Å². The lowest BCUT2D eigenvalue weighted by atomic mass is 10.1. The molecule has 110 valence electrons. The number of aromatic carboxylic acids is 1. The summed E-state index contributed by atoms with van der Waals surface area (Å²) in [5.74, 6) is -0.529. The topological polar surface area (TPSA) is 59.0 Å². The van der Waals surface area contributed by atoms with E-state index in [1.807, 2.05) is 0 Å². The number of ether oxygens (including phenoxy) is 2. The monoisotopic (exact) mass is 279 g/mol. The lowest BCUT2D eigenvalue weighted by Gasteiger charge is -2.31. The first kappa shape index (κ1) is 14.8. The van der Waals surface area contributed by atoms with Gasteiger partial charge in [-0.25, -0.2) is 4.79 Å². The van der Waals surface area contributed by atoms with Crippen molar-refractivity contribution in [1.29, 1.82) is 0 Å². The fourth-order valence-electron chi connectivity index (χ4n) is 2.46. The molecule has 1 atom stereocenters. The molecule has 1 saturated heterocycles. The van der Waals surface area contributed by atoms with Crippen LogP contribution in [0.4, 0.5) is 0 Å². The van der Waals surface area contributed by atoms with Crippen LogP contribution in [0.15, 0.2) is 24.3 Å². The Morgan fingerprint density at radius 1 is 1.45 bits per heavy atom. The van der Waals surface area contributed by atoms with E-state index in [1.165, 1.54) is 0 Å². The molecule has 0 bridgehead atoms. The van der Waals surface area contributed by atoms with Crippen molar-refractivity contribution in [3.05, 3.63) is 29.8 Å². The van der Waals surface area contributed by atoms with Crippen LogP contribution in [0.3, 0.4) is 0 Å². The first-order chi connectivity index (χ1) is 9.70. The van der Waals surface area contributed by atoms with Crippen LogP contribution in [0.1, 0.15) is 23.2 Å². The standard InChI is InChI=1S/C15H21NO4/c1-19-12-5-4-8-16(11-12)9-10-20-14-7-3-2-6-13(14)15(17)18/h2-3,6-7,12H,4-5,8-11H2,1H3,(H,17,18). The molecular weight excluding hydrogens is 258 g/mol. The van der Waals surface area contributed by atoms with Crippen LogP contribution in [-0.2, 0) is 4.74 Å². The molecule has 20 heavy (non-hydrogen) atoms. The Bertz CT molecular complexity index is 449. The zero-order valence-electron chi connectivity index (χ0n) is 11.7. The molecule has 1 unspecified atom stereocenters. The van der Waals surface area contributed by atoms with Crippen LogP contribution >= 0.6 is 0 Å². The van der Waals surface area contributed by atoms with Crippen molar-refractivity contribution < 1.29 is 19.4 Å². The molecule has 1 N–H and O–H groups in total. The fourth-order valence-corrected chi connectivity index (χ4v) is 2.46. The SMILES string of the molecule is COC1CCCN(CCOc2ccccc2C(=O)O)C1. The molecular formula is C15H21NO4. The van der Waals surface area contributed by atoms with Crippen LogP contribution < -0.4 is 4.74 Å². The summed E-state index contributed by atoms with van der Waals surface area (Å²) >= 11 is 0. The maximum atomic E-state index is 11.1. The third-order valence-corrected chi connectivity index (χ3v) is 3.58. The predicted octanol–water partition coefficient (Wildman–Crippen LogP) is 1.87. The maximum absolute atomic E-state index is 11.1. The average molecular weight is 279 g/mol. The number of hydrogen-bond donors (Lipinski definition) is 1. The summed E-state index contributed by atoms with van der Waals surface area (Å²) in [5.41, 5.74) is 0.209. The van der Waals surface area contributed by atoms with E-state index in [0.29, 0.717) is 18.5 Å². The zero-order chi connectivity index (χ0) is 14.4. The number of hydrogen-bond acceptors (Lipinski definition) is 4. The third-order valence-electron chi connectivity index (χ3n) is 3.58. The molecule has 0 spiro atoms. The van der Waals surface area contributed by atoms with E-state index < -0.39 is 5.97 Å². The summed E-state index contributed by atoms with van der Waals surface area (Å²) in [6, 6.07) is 6.73. The lowest BCUT2D eigenvalue weighted by Crippen LogP contribution is -2.41. The Hall–Kier alpha value is -1.59. The second-order valence-corrected chi connectivity index (χ2v) is 4.95. The summed E-state index contributed by atoms with van der Waals surface area (Å²) < 4.78 is 11.0. The summed E-state index contributed by atoms with van der Waals surface area (Å²) in [6.45, 7) is 3.23. The molecule has 1 aromatic rings. The van der Waals surface area contributed by atoms with Gasteiger partial charge in [-0.2, -0.15) is 0 Å².